The van der Waals surface area contributed by atoms with Crippen molar-refractivity contribution in [2.75, 3.05) is 25.1 Å². The second-order valence-corrected chi connectivity index (χ2v) is 7.16. The van der Waals surface area contributed by atoms with Gasteiger partial charge in [0.05, 0.1) is 7.11 Å². The van der Waals surface area contributed by atoms with E-state index in [-0.39, 0.29) is 5.91 Å². The number of ether oxygens (including phenoxy) is 1. The number of methoxy groups -OCH3 is 1. The minimum atomic E-state index is -0.154. The summed E-state index contributed by atoms with van der Waals surface area (Å²) in [4.78, 5) is 19.2. The van der Waals surface area contributed by atoms with Gasteiger partial charge in [0.25, 0.3) is 5.91 Å². The smallest absolute Gasteiger partial charge is 0.269 e. The molecule has 1 aliphatic heterocycles. The van der Waals surface area contributed by atoms with Crippen molar-refractivity contribution in [2.24, 2.45) is 0 Å². The van der Waals surface area contributed by atoms with E-state index >= 15 is 0 Å². The second-order valence-electron chi connectivity index (χ2n) is 7.16. The summed E-state index contributed by atoms with van der Waals surface area (Å²) in [5.41, 5.74) is 5.31. The first-order valence-electron chi connectivity index (χ1n) is 9.92. The standard InChI is InChI=1S/C24H25N3O2/c1-29-23-9-5-4-7-19(23)10-13-26-24(28)22-16-21(11-14-25-22)27-15-12-18-6-2-3-8-20(18)17-27/h2-9,11,14,16H,10,12-13,15,17H2,1H3,(H,26,28). The van der Waals surface area contributed by atoms with Gasteiger partial charge in [-0.05, 0) is 47.7 Å². The molecule has 1 amide bonds. The molecule has 0 fully saturated rings. The molecule has 5 nitrogen and oxygen atoms in total. The molecule has 0 saturated carbocycles. The Kier molecular flexibility index (Phi) is 5.75. The van der Waals surface area contributed by atoms with Gasteiger partial charge >= 0.3 is 0 Å². The summed E-state index contributed by atoms with van der Waals surface area (Å²) in [5, 5.41) is 2.97. The maximum absolute atomic E-state index is 12.6. The topological polar surface area (TPSA) is 54.5 Å². The summed E-state index contributed by atoms with van der Waals surface area (Å²) in [5.74, 6) is 0.686. The van der Waals surface area contributed by atoms with Gasteiger partial charge < -0.3 is 15.0 Å². The van der Waals surface area contributed by atoms with E-state index in [1.165, 1.54) is 11.1 Å². The van der Waals surface area contributed by atoms with Gasteiger partial charge in [-0.1, -0.05) is 42.5 Å². The van der Waals surface area contributed by atoms with Crippen LogP contribution in [0.3, 0.4) is 0 Å². The molecule has 1 aliphatic rings. The molecule has 4 rings (SSSR count). The number of rotatable bonds is 6. The van der Waals surface area contributed by atoms with Crippen molar-refractivity contribution < 1.29 is 9.53 Å². The van der Waals surface area contributed by atoms with E-state index in [2.05, 4.69) is 39.5 Å². The predicted molar refractivity (Wildman–Crippen MR) is 114 cm³/mol. The Morgan fingerprint density at radius 3 is 2.76 bits per heavy atom. The lowest BCUT2D eigenvalue weighted by Crippen LogP contribution is -2.31. The fourth-order valence-corrected chi connectivity index (χ4v) is 3.77. The molecule has 1 N–H and O–H groups in total. The molecule has 2 aromatic carbocycles. The number of nitrogens with one attached hydrogen (secondary N) is 1. The van der Waals surface area contributed by atoms with Crippen molar-refractivity contribution >= 4 is 11.6 Å². The molecular weight excluding hydrogens is 362 g/mol. The summed E-state index contributed by atoms with van der Waals surface area (Å²) in [7, 11) is 1.66. The quantitative estimate of drug-likeness (QED) is 0.702. The zero-order valence-corrected chi connectivity index (χ0v) is 16.6. The molecule has 0 saturated heterocycles. The number of hydrogen-bond donors (Lipinski definition) is 1. The lowest BCUT2D eigenvalue weighted by molar-refractivity contribution is 0.0949. The lowest BCUT2D eigenvalue weighted by atomic mass is 9.99. The Labute approximate surface area is 171 Å². The number of amides is 1. The molecule has 29 heavy (non-hydrogen) atoms. The monoisotopic (exact) mass is 387 g/mol. The van der Waals surface area contributed by atoms with Crippen LogP contribution in [0, 0.1) is 0 Å². The van der Waals surface area contributed by atoms with Crippen LogP contribution in [0.15, 0.2) is 66.9 Å². The third-order valence-corrected chi connectivity index (χ3v) is 5.34. The van der Waals surface area contributed by atoms with E-state index in [4.69, 9.17) is 4.74 Å². The minimum Gasteiger partial charge on any atom is -0.496 e. The molecule has 1 aromatic heterocycles. The summed E-state index contributed by atoms with van der Waals surface area (Å²) in [6, 6.07) is 20.2. The fourth-order valence-electron chi connectivity index (χ4n) is 3.77. The molecule has 148 valence electrons. The van der Waals surface area contributed by atoms with Crippen molar-refractivity contribution in [1.82, 2.24) is 10.3 Å². The maximum Gasteiger partial charge on any atom is 0.269 e. The highest BCUT2D eigenvalue weighted by atomic mass is 16.5. The van der Waals surface area contributed by atoms with Gasteiger partial charge in [0.15, 0.2) is 0 Å². The van der Waals surface area contributed by atoms with Gasteiger partial charge in [0, 0.05) is 31.5 Å². The molecule has 3 aromatic rings. The van der Waals surface area contributed by atoms with Crippen LogP contribution in [0.25, 0.3) is 0 Å². The molecular formula is C24H25N3O2. The molecule has 0 spiro atoms. The summed E-state index contributed by atoms with van der Waals surface area (Å²) >= 11 is 0. The van der Waals surface area contributed by atoms with Crippen molar-refractivity contribution in [3.63, 3.8) is 0 Å². The van der Waals surface area contributed by atoms with Gasteiger partial charge in [-0.15, -0.1) is 0 Å². The van der Waals surface area contributed by atoms with Crippen molar-refractivity contribution in [1.29, 1.82) is 0 Å². The lowest BCUT2D eigenvalue weighted by Gasteiger charge is -2.30. The van der Waals surface area contributed by atoms with Crippen LogP contribution in [0.1, 0.15) is 27.2 Å². The molecule has 5 heteroatoms. The number of nitrogens with zero attached hydrogens (tertiary/aromatic N) is 2. The highest BCUT2D eigenvalue weighted by Crippen LogP contribution is 2.24. The largest absolute Gasteiger partial charge is 0.496 e. The van der Waals surface area contributed by atoms with Crippen LogP contribution in [-0.2, 0) is 19.4 Å². The minimum absolute atomic E-state index is 0.154. The molecule has 0 radical (unpaired) electrons. The van der Waals surface area contributed by atoms with Gasteiger partial charge in [0.2, 0.25) is 0 Å². The van der Waals surface area contributed by atoms with Crippen LogP contribution >= 0.6 is 0 Å². The van der Waals surface area contributed by atoms with Gasteiger partial charge in [-0.3, -0.25) is 9.78 Å². The van der Waals surface area contributed by atoms with E-state index in [1.807, 2.05) is 36.4 Å². The average molecular weight is 387 g/mol. The summed E-state index contributed by atoms with van der Waals surface area (Å²) in [6.45, 7) is 2.33. The third kappa shape index (κ3) is 4.40. The Bertz CT molecular complexity index is 1000. The van der Waals surface area contributed by atoms with E-state index in [0.29, 0.717) is 18.7 Å². The van der Waals surface area contributed by atoms with E-state index in [1.54, 1.807) is 13.3 Å². The third-order valence-electron chi connectivity index (χ3n) is 5.34. The van der Waals surface area contributed by atoms with Crippen LogP contribution < -0.4 is 15.0 Å². The normalized spacial score (nSPS) is 12.9. The van der Waals surface area contributed by atoms with Crippen LogP contribution in [0.5, 0.6) is 5.75 Å². The molecule has 0 unspecified atom stereocenters. The maximum atomic E-state index is 12.6. The van der Waals surface area contributed by atoms with E-state index in [0.717, 1.165) is 36.5 Å². The molecule has 2 heterocycles. The fraction of sp³-hybridized carbons (Fsp3) is 0.250. The van der Waals surface area contributed by atoms with Crippen molar-refractivity contribution in [3.8, 4) is 5.75 Å². The number of benzene rings is 2. The molecule has 0 atom stereocenters. The summed E-state index contributed by atoms with van der Waals surface area (Å²) < 4.78 is 5.36. The predicted octanol–water partition coefficient (Wildman–Crippen LogP) is 3.63. The zero-order chi connectivity index (χ0) is 20.1. The Hall–Kier alpha value is -3.34. The number of anilines is 1. The Morgan fingerprint density at radius 1 is 1.10 bits per heavy atom. The second kappa shape index (κ2) is 8.78. The molecule has 0 bridgehead atoms. The van der Waals surface area contributed by atoms with Gasteiger partial charge in [0.1, 0.15) is 11.4 Å². The Balaban J connectivity index is 1.39. The van der Waals surface area contributed by atoms with E-state index < -0.39 is 0 Å². The number of fused-ring (bicyclic) bond motifs is 1. The first-order chi connectivity index (χ1) is 14.2. The van der Waals surface area contributed by atoms with Crippen LogP contribution in [0.4, 0.5) is 5.69 Å². The summed E-state index contributed by atoms with van der Waals surface area (Å²) in [6.07, 6.45) is 3.43. The van der Waals surface area contributed by atoms with Gasteiger partial charge in [-0.2, -0.15) is 0 Å². The van der Waals surface area contributed by atoms with Crippen LogP contribution in [0.2, 0.25) is 0 Å². The number of carbonyl (C=O) groups is 1. The van der Waals surface area contributed by atoms with Gasteiger partial charge in [-0.25, -0.2) is 0 Å². The number of hydrogen-bond acceptors (Lipinski definition) is 4. The first kappa shape index (κ1) is 19.0. The number of aromatic nitrogens is 1. The first-order valence-corrected chi connectivity index (χ1v) is 9.92. The highest BCUT2D eigenvalue weighted by molar-refractivity contribution is 5.93. The van der Waals surface area contributed by atoms with Crippen molar-refractivity contribution in [3.05, 3.63) is 89.2 Å². The highest BCUT2D eigenvalue weighted by Gasteiger charge is 2.17. The zero-order valence-electron chi connectivity index (χ0n) is 16.6. The average Bonchev–Trinajstić information content (AvgIpc) is 2.79. The van der Waals surface area contributed by atoms with E-state index in [9.17, 15) is 4.79 Å². The number of pyridine rings is 1. The molecule has 0 aliphatic carbocycles. The number of carbonyl (C=O) groups excluding carboxylic acids is 1. The Morgan fingerprint density at radius 2 is 1.90 bits per heavy atom. The van der Waals surface area contributed by atoms with Crippen LogP contribution in [-0.4, -0.2) is 31.1 Å². The SMILES string of the molecule is COc1ccccc1CCNC(=O)c1cc(N2CCc3ccccc3C2)ccn1. The number of para-hydroxylation sites is 1. The van der Waals surface area contributed by atoms with Crippen molar-refractivity contribution in [2.45, 2.75) is 19.4 Å².